The fraction of sp³-hybridized carbons (Fsp3) is 0.444. The summed E-state index contributed by atoms with van der Waals surface area (Å²) in [6.07, 6.45) is 4.91. The van der Waals surface area contributed by atoms with E-state index in [2.05, 4.69) is 38.7 Å². The second-order valence-electron chi connectivity index (χ2n) is 10.3. The van der Waals surface area contributed by atoms with Gasteiger partial charge < -0.3 is 21.3 Å². The van der Waals surface area contributed by atoms with E-state index in [9.17, 15) is 10.1 Å². The van der Waals surface area contributed by atoms with Crippen LogP contribution in [-0.4, -0.2) is 42.6 Å². The van der Waals surface area contributed by atoms with Crippen molar-refractivity contribution in [3.8, 4) is 6.07 Å². The predicted molar refractivity (Wildman–Crippen MR) is 140 cm³/mol. The van der Waals surface area contributed by atoms with Crippen LogP contribution >= 0.6 is 11.3 Å². The van der Waals surface area contributed by atoms with Gasteiger partial charge in [0.05, 0.1) is 16.9 Å². The zero-order valence-electron chi connectivity index (χ0n) is 19.9. The lowest BCUT2D eigenvalue weighted by atomic mass is 9.86. The molecule has 180 valence electrons. The van der Waals surface area contributed by atoms with Gasteiger partial charge in [-0.2, -0.15) is 5.26 Å². The standard InChI is InChI=1S/C27H30N6OS/c1-15-2-5-22-24(29)25(35-27(22)31-15)26(34)32-20-4-3-17-11-23(19(12-28)9-18(17)10-20)33-7-6-16-8-21(14-33)30-13-16/h2,5,9,11,16,20-21,30H,3-4,6-8,10,13-14,29H2,1H3,(H,32,34)/t16?,20-,21?/m0/s1. The summed E-state index contributed by atoms with van der Waals surface area (Å²) in [6, 6.07) is 11.1. The molecule has 2 saturated heterocycles. The van der Waals surface area contributed by atoms with Gasteiger partial charge in [-0.05, 0) is 86.9 Å². The average molecular weight is 487 g/mol. The van der Waals surface area contributed by atoms with Gasteiger partial charge in [0, 0.05) is 36.3 Å². The number of aromatic nitrogens is 1. The Morgan fingerprint density at radius 1 is 1.31 bits per heavy atom. The highest BCUT2D eigenvalue weighted by Crippen LogP contribution is 2.35. The zero-order chi connectivity index (χ0) is 24.1. The van der Waals surface area contributed by atoms with Crippen molar-refractivity contribution in [1.82, 2.24) is 15.6 Å². The molecule has 3 atom stereocenters. The number of anilines is 2. The summed E-state index contributed by atoms with van der Waals surface area (Å²) in [5, 5.41) is 17.6. The molecule has 1 aromatic carbocycles. The third-order valence-electron chi connectivity index (χ3n) is 7.84. The Kier molecular flexibility index (Phi) is 5.62. The maximum atomic E-state index is 13.1. The van der Waals surface area contributed by atoms with Gasteiger partial charge in [-0.3, -0.25) is 4.79 Å². The minimum atomic E-state index is -0.138. The second kappa shape index (κ2) is 8.81. The molecule has 1 aliphatic carbocycles. The van der Waals surface area contributed by atoms with Crippen LogP contribution in [0.3, 0.4) is 0 Å². The number of hydrogen-bond acceptors (Lipinski definition) is 7. The van der Waals surface area contributed by atoms with Gasteiger partial charge in [0.15, 0.2) is 0 Å². The van der Waals surface area contributed by atoms with Gasteiger partial charge in [-0.1, -0.05) is 0 Å². The molecule has 8 heteroatoms. The number of amides is 1. The van der Waals surface area contributed by atoms with E-state index in [0.717, 1.165) is 77.5 Å². The minimum Gasteiger partial charge on any atom is -0.397 e. The molecule has 2 bridgehead atoms. The number of carbonyl (C=O) groups excluding carboxylic acids is 1. The largest absolute Gasteiger partial charge is 0.397 e. The number of carbonyl (C=O) groups is 1. The van der Waals surface area contributed by atoms with Gasteiger partial charge in [-0.15, -0.1) is 11.3 Å². The summed E-state index contributed by atoms with van der Waals surface area (Å²) in [7, 11) is 0. The molecule has 3 aromatic rings. The predicted octanol–water partition coefficient (Wildman–Crippen LogP) is 3.53. The highest BCUT2D eigenvalue weighted by atomic mass is 32.1. The fourth-order valence-electron chi connectivity index (χ4n) is 5.96. The lowest BCUT2D eigenvalue weighted by Crippen LogP contribution is -2.40. The Bertz CT molecular complexity index is 1360. The SMILES string of the molecule is Cc1ccc2c(N)c(C(=O)N[C@H]3CCc4cc(N5CCC6CNC(C6)C5)c(C#N)cc4C3)sc2n1. The van der Waals surface area contributed by atoms with Crippen LogP contribution in [0.5, 0.6) is 0 Å². The first kappa shape index (κ1) is 22.3. The van der Waals surface area contributed by atoms with Crippen LogP contribution in [-0.2, 0) is 12.8 Å². The van der Waals surface area contributed by atoms with E-state index in [4.69, 9.17) is 5.73 Å². The number of rotatable bonds is 3. The first-order chi connectivity index (χ1) is 17.0. The molecule has 2 aromatic heterocycles. The molecule has 6 rings (SSSR count). The molecule has 2 unspecified atom stereocenters. The van der Waals surface area contributed by atoms with Crippen LogP contribution in [0, 0.1) is 24.2 Å². The zero-order valence-corrected chi connectivity index (χ0v) is 20.8. The van der Waals surface area contributed by atoms with Crippen LogP contribution in [0.1, 0.15) is 51.3 Å². The van der Waals surface area contributed by atoms with E-state index in [0.29, 0.717) is 16.6 Å². The first-order valence-electron chi connectivity index (χ1n) is 12.5. The van der Waals surface area contributed by atoms with Crippen molar-refractivity contribution in [3.63, 3.8) is 0 Å². The summed E-state index contributed by atoms with van der Waals surface area (Å²) in [5.41, 5.74) is 12.0. The van der Waals surface area contributed by atoms with Crippen molar-refractivity contribution in [2.75, 3.05) is 30.3 Å². The number of hydrogen-bond donors (Lipinski definition) is 3. The summed E-state index contributed by atoms with van der Waals surface area (Å²) in [6.45, 7) is 5.04. The van der Waals surface area contributed by atoms with Crippen LogP contribution in [0.15, 0.2) is 24.3 Å². The van der Waals surface area contributed by atoms with Crippen molar-refractivity contribution in [2.45, 2.75) is 51.1 Å². The number of nitrogens with zero attached hydrogens (tertiary/aromatic N) is 3. The number of fused-ring (bicyclic) bond motifs is 4. The molecule has 2 fully saturated rings. The molecule has 4 heterocycles. The molecule has 2 aliphatic heterocycles. The van der Waals surface area contributed by atoms with Crippen molar-refractivity contribution in [3.05, 3.63) is 51.5 Å². The fourth-order valence-corrected chi connectivity index (χ4v) is 7.00. The van der Waals surface area contributed by atoms with Crippen LogP contribution in [0.2, 0.25) is 0 Å². The third-order valence-corrected chi connectivity index (χ3v) is 8.96. The molecule has 3 aliphatic rings. The van der Waals surface area contributed by atoms with Gasteiger partial charge in [0.1, 0.15) is 15.8 Å². The van der Waals surface area contributed by atoms with Crippen molar-refractivity contribution < 1.29 is 4.79 Å². The topological polar surface area (TPSA) is 107 Å². The summed E-state index contributed by atoms with van der Waals surface area (Å²) in [4.78, 5) is 21.4. The Morgan fingerprint density at radius 2 is 2.20 bits per heavy atom. The normalized spacial score (nSPS) is 23.5. The van der Waals surface area contributed by atoms with E-state index in [1.165, 1.54) is 29.7 Å². The number of nitrogens with one attached hydrogen (secondary N) is 2. The number of pyridine rings is 1. The number of nitriles is 1. The van der Waals surface area contributed by atoms with Crippen molar-refractivity contribution >= 4 is 38.8 Å². The third kappa shape index (κ3) is 4.13. The van der Waals surface area contributed by atoms with E-state index in [1.54, 1.807) is 0 Å². The molecule has 7 nitrogen and oxygen atoms in total. The van der Waals surface area contributed by atoms with E-state index < -0.39 is 0 Å². The van der Waals surface area contributed by atoms with Gasteiger partial charge >= 0.3 is 0 Å². The van der Waals surface area contributed by atoms with Gasteiger partial charge in [0.25, 0.3) is 5.91 Å². The summed E-state index contributed by atoms with van der Waals surface area (Å²) in [5.74, 6) is 0.619. The van der Waals surface area contributed by atoms with E-state index in [1.807, 2.05) is 19.1 Å². The maximum Gasteiger partial charge on any atom is 0.263 e. The molecule has 1 amide bonds. The highest BCUT2D eigenvalue weighted by molar-refractivity contribution is 7.21. The summed E-state index contributed by atoms with van der Waals surface area (Å²) >= 11 is 1.35. The molecule has 0 radical (unpaired) electrons. The van der Waals surface area contributed by atoms with Crippen LogP contribution < -0.4 is 21.3 Å². The molecular formula is C27H30N6OS. The quantitative estimate of drug-likeness (QED) is 0.523. The van der Waals surface area contributed by atoms with Crippen molar-refractivity contribution in [1.29, 1.82) is 5.26 Å². The molecule has 4 N–H and O–H groups in total. The second-order valence-corrected chi connectivity index (χ2v) is 11.3. The molecular weight excluding hydrogens is 456 g/mol. The van der Waals surface area contributed by atoms with Crippen molar-refractivity contribution in [2.24, 2.45) is 5.92 Å². The molecule has 0 saturated carbocycles. The summed E-state index contributed by atoms with van der Waals surface area (Å²) < 4.78 is 0. The Morgan fingerprint density at radius 3 is 3.06 bits per heavy atom. The lowest BCUT2D eigenvalue weighted by molar-refractivity contribution is 0.0938. The average Bonchev–Trinajstić information content (AvgIpc) is 3.36. The lowest BCUT2D eigenvalue weighted by Gasteiger charge is -2.31. The number of nitrogens with two attached hydrogens (primary N) is 1. The van der Waals surface area contributed by atoms with E-state index >= 15 is 0 Å². The number of aryl methyl sites for hydroxylation is 2. The van der Waals surface area contributed by atoms with Crippen LogP contribution in [0.4, 0.5) is 11.4 Å². The monoisotopic (exact) mass is 486 g/mol. The van der Waals surface area contributed by atoms with E-state index in [-0.39, 0.29) is 11.9 Å². The number of thiophene rings is 1. The number of nitrogen functional groups attached to an aromatic ring is 1. The smallest absolute Gasteiger partial charge is 0.263 e. The molecule has 0 spiro atoms. The number of benzene rings is 1. The van der Waals surface area contributed by atoms with Crippen LogP contribution in [0.25, 0.3) is 10.2 Å². The first-order valence-corrected chi connectivity index (χ1v) is 13.3. The molecule has 35 heavy (non-hydrogen) atoms. The van der Waals surface area contributed by atoms with Gasteiger partial charge in [-0.25, -0.2) is 4.98 Å². The Labute approximate surface area is 209 Å². The Hall–Kier alpha value is -3.15. The Balaban J connectivity index is 1.20. The highest BCUT2D eigenvalue weighted by Gasteiger charge is 2.31. The minimum absolute atomic E-state index is 0.0184. The maximum absolute atomic E-state index is 13.1. The van der Waals surface area contributed by atoms with Gasteiger partial charge in [0.2, 0.25) is 0 Å².